The van der Waals surface area contributed by atoms with Crippen LogP contribution in [0.4, 0.5) is 0 Å². The molecule has 14 heavy (non-hydrogen) atoms. The van der Waals surface area contributed by atoms with Crippen LogP contribution in [-0.4, -0.2) is 5.91 Å². The lowest BCUT2D eigenvalue weighted by Gasteiger charge is -2.01. The summed E-state index contributed by atoms with van der Waals surface area (Å²) in [6, 6.07) is 5.01. The molecule has 1 amide bonds. The SMILES string of the molecule is Cl.NNC(=O)Cc1ccc(Cl)c(Cl)c1. The first kappa shape index (κ1) is 13.5. The van der Waals surface area contributed by atoms with Crippen LogP contribution in [-0.2, 0) is 11.2 Å². The minimum absolute atomic E-state index is 0. The van der Waals surface area contributed by atoms with Crippen molar-refractivity contribution in [3.63, 3.8) is 0 Å². The average Bonchev–Trinajstić information content (AvgIpc) is 2.11. The molecule has 1 aromatic carbocycles. The van der Waals surface area contributed by atoms with Crippen molar-refractivity contribution in [1.29, 1.82) is 0 Å². The molecule has 0 heterocycles. The van der Waals surface area contributed by atoms with Gasteiger partial charge in [-0.3, -0.25) is 10.2 Å². The average molecular weight is 256 g/mol. The lowest BCUT2D eigenvalue weighted by molar-refractivity contribution is -0.120. The highest BCUT2D eigenvalue weighted by atomic mass is 35.5. The van der Waals surface area contributed by atoms with E-state index in [2.05, 4.69) is 0 Å². The van der Waals surface area contributed by atoms with Crippen molar-refractivity contribution in [1.82, 2.24) is 5.43 Å². The van der Waals surface area contributed by atoms with Crippen LogP contribution >= 0.6 is 35.6 Å². The molecule has 1 aromatic rings. The summed E-state index contributed by atoms with van der Waals surface area (Å²) in [5, 5.41) is 0.905. The number of nitrogens with two attached hydrogens (primary N) is 1. The van der Waals surface area contributed by atoms with Crippen molar-refractivity contribution < 1.29 is 4.79 Å². The molecule has 0 aliphatic heterocycles. The van der Waals surface area contributed by atoms with Gasteiger partial charge in [0.25, 0.3) is 0 Å². The van der Waals surface area contributed by atoms with Gasteiger partial charge < -0.3 is 0 Å². The van der Waals surface area contributed by atoms with E-state index in [-0.39, 0.29) is 24.7 Å². The Balaban J connectivity index is 0.00000169. The molecule has 0 atom stereocenters. The number of rotatable bonds is 2. The van der Waals surface area contributed by atoms with E-state index < -0.39 is 0 Å². The lowest BCUT2D eigenvalue weighted by Crippen LogP contribution is -2.31. The van der Waals surface area contributed by atoms with Crippen LogP contribution in [0.15, 0.2) is 18.2 Å². The first-order chi connectivity index (χ1) is 6.13. The van der Waals surface area contributed by atoms with Gasteiger partial charge >= 0.3 is 0 Å². The molecule has 0 unspecified atom stereocenters. The third kappa shape index (κ3) is 3.72. The summed E-state index contributed by atoms with van der Waals surface area (Å²) in [7, 11) is 0. The molecule has 0 saturated carbocycles. The number of carbonyl (C=O) groups excluding carboxylic acids is 1. The van der Waals surface area contributed by atoms with E-state index in [0.717, 1.165) is 5.56 Å². The van der Waals surface area contributed by atoms with Crippen LogP contribution in [0.2, 0.25) is 10.0 Å². The van der Waals surface area contributed by atoms with Crippen LogP contribution in [0.5, 0.6) is 0 Å². The van der Waals surface area contributed by atoms with E-state index in [0.29, 0.717) is 10.0 Å². The molecule has 1 rings (SSSR count). The Morgan fingerprint density at radius 1 is 1.36 bits per heavy atom. The van der Waals surface area contributed by atoms with Crippen molar-refractivity contribution in [2.24, 2.45) is 5.84 Å². The Bertz CT molecular complexity index is 330. The minimum atomic E-state index is -0.265. The van der Waals surface area contributed by atoms with E-state index >= 15 is 0 Å². The molecule has 0 aliphatic carbocycles. The first-order valence-corrected chi connectivity index (χ1v) is 4.32. The normalized spacial score (nSPS) is 9.07. The molecule has 0 bridgehead atoms. The van der Waals surface area contributed by atoms with Crippen molar-refractivity contribution in [2.45, 2.75) is 6.42 Å². The van der Waals surface area contributed by atoms with E-state index in [1.165, 1.54) is 0 Å². The number of hydrazine groups is 1. The van der Waals surface area contributed by atoms with Gasteiger partial charge in [0.2, 0.25) is 5.91 Å². The molecule has 0 saturated heterocycles. The highest BCUT2D eigenvalue weighted by molar-refractivity contribution is 6.42. The lowest BCUT2D eigenvalue weighted by atomic mass is 10.1. The van der Waals surface area contributed by atoms with Gasteiger partial charge in [-0.05, 0) is 17.7 Å². The predicted octanol–water partition coefficient (Wildman–Crippen LogP) is 1.95. The van der Waals surface area contributed by atoms with Gasteiger partial charge in [0.05, 0.1) is 16.5 Å². The zero-order valence-electron chi connectivity index (χ0n) is 7.09. The van der Waals surface area contributed by atoms with Gasteiger partial charge in [-0.15, -0.1) is 12.4 Å². The van der Waals surface area contributed by atoms with Crippen molar-refractivity contribution >= 4 is 41.5 Å². The van der Waals surface area contributed by atoms with Gasteiger partial charge in [0.1, 0.15) is 0 Å². The van der Waals surface area contributed by atoms with Crippen molar-refractivity contribution in [3.8, 4) is 0 Å². The Labute approximate surface area is 97.9 Å². The van der Waals surface area contributed by atoms with E-state index in [1.54, 1.807) is 18.2 Å². The molecule has 0 fully saturated rings. The summed E-state index contributed by atoms with van der Waals surface area (Å²) in [6.45, 7) is 0. The molecule has 78 valence electrons. The van der Waals surface area contributed by atoms with Gasteiger partial charge in [0.15, 0.2) is 0 Å². The van der Waals surface area contributed by atoms with Crippen LogP contribution in [0, 0.1) is 0 Å². The Kier molecular flexibility index (Phi) is 5.88. The second-order valence-corrected chi connectivity index (χ2v) is 3.31. The summed E-state index contributed by atoms with van der Waals surface area (Å²) >= 11 is 11.4. The second kappa shape index (κ2) is 6.09. The minimum Gasteiger partial charge on any atom is -0.294 e. The summed E-state index contributed by atoms with van der Waals surface area (Å²) in [5.74, 6) is 4.66. The van der Waals surface area contributed by atoms with Gasteiger partial charge in [-0.25, -0.2) is 5.84 Å². The maximum Gasteiger partial charge on any atom is 0.238 e. The Morgan fingerprint density at radius 2 is 2.00 bits per heavy atom. The van der Waals surface area contributed by atoms with E-state index in [1.807, 2.05) is 5.43 Å². The number of carbonyl (C=O) groups is 1. The second-order valence-electron chi connectivity index (χ2n) is 2.49. The molecule has 0 radical (unpaired) electrons. The summed E-state index contributed by atoms with van der Waals surface area (Å²) in [5.41, 5.74) is 2.81. The van der Waals surface area contributed by atoms with Crippen LogP contribution in [0.25, 0.3) is 0 Å². The Hall–Kier alpha value is -0.480. The maximum absolute atomic E-state index is 10.9. The van der Waals surface area contributed by atoms with E-state index in [9.17, 15) is 4.79 Å². The fourth-order valence-electron chi connectivity index (χ4n) is 0.886. The number of benzene rings is 1. The predicted molar refractivity (Wildman–Crippen MR) is 59.7 cm³/mol. The van der Waals surface area contributed by atoms with Crippen molar-refractivity contribution in [3.05, 3.63) is 33.8 Å². The highest BCUT2D eigenvalue weighted by Crippen LogP contribution is 2.22. The van der Waals surface area contributed by atoms with Gasteiger partial charge in [-0.1, -0.05) is 29.3 Å². The third-order valence-electron chi connectivity index (χ3n) is 1.51. The fraction of sp³-hybridized carbons (Fsp3) is 0.125. The largest absolute Gasteiger partial charge is 0.294 e. The molecule has 3 N–H and O–H groups in total. The number of nitrogens with one attached hydrogen (secondary N) is 1. The smallest absolute Gasteiger partial charge is 0.238 e. The van der Waals surface area contributed by atoms with E-state index in [4.69, 9.17) is 29.0 Å². The molecule has 0 aromatic heterocycles. The molecular formula is C8H9Cl3N2O. The van der Waals surface area contributed by atoms with Crippen LogP contribution in [0.1, 0.15) is 5.56 Å². The summed E-state index contributed by atoms with van der Waals surface area (Å²) < 4.78 is 0. The molecule has 0 aliphatic rings. The highest BCUT2D eigenvalue weighted by Gasteiger charge is 2.03. The maximum atomic E-state index is 10.9. The first-order valence-electron chi connectivity index (χ1n) is 3.57. The third-order valence-corrected chi connectivity index (χ3v) is 2.25. The number of amides is 1. The molecule has 0 spiro atoms. The van der Waals surface area contributed by atoms with Gasteiger partial charge in [0, 0.05) is 0 Å². The van der Waals surface area contributed by atoms with Crippen LogP contribution in [0.3, 0.4) is 0 Å². The summed E-state index contributed by atoms with van der Waals surface area (Å²) in [4.78, 5) is 10.9. The fourth-order valence-corrected chi connectivity index (χ4v) is 1.21. The zero-order chi connectivity index (χ0) is 9.84. The van der Waals surface area contributed by atoms with Crippen LogP contribution < -0.4 is 11.3 Å². The standard InChI is InChI=1S/C8H8Cl2N2O.ClH/c9-6-2-1-5(3-7(6)10)4-8(13)12-11;/h1-3H,4,11H2,(H,12,13);1H. The Morgan fingerprint density at radius 3 is 2.50 bits per heavy atom. The molecule has 3 nitrogen and oxygen atoms in total. The molecule has 6 heteroatoms. The molecular weight excluding hydrogens is 246 g/mol. The van der Waals surface area contributed by atoms with Gasteiger partial charge in [-0.2, -0.15) is 0 Å². The number of hydrogen-bond donors (Lipinski definition) is 2. The summed E-state index contributed by atoms with van der Waals surface area (Å²) in [6.07, 6.45) is 0.202. The topological polar surface area (TPSA) is 55.1 Å². The monoisotopic (exact) mass is 254 g/mol. The number of hydrogen-bond acceptors (Lipinski definition) is 2. The number of halogens is 3. The van der Waals surface area contributed by atoms with Crippen molar-refractivity contribution in [2.75, 3.05) is 0 Å². The zero-order valence-corrected chi connectivity index (χ0v) is 9.42. The quantitative estimate of drug-likeness (QED) is 0.482.